The van der Waals surface area contributed by atoms with Crippen molar-refractivity contribution in [2.45, 2.75) is 18.9 Å². The lowest BCUT2D eigenvalue weighted by molar-refractivity contribution is -0.139. The number of aliphatic carboxylic acids is 1. The van der Waals surface area contributed by atoms with Crippen LogP contribution in [0.5, 0.6) is 11.5 Å². The van der Waals surface area contributed by atoms with Crippen molar-refractivity contribution in [2.24, 2.45) is 0 Å². The van der Waals surface area contributed by atoms with Gasteiger partial charge in [-0.2, -0.15) is 0 Å². The minimum atomic E-state index is -1.07. The molecule has 3 rings (SSSR count). The first-order chi connectivity index (χ1) is 12.0. The maximum absolute atomic E-state index is 12.5. The van der Waals surface area contributed by atoms with Crippen LogP contribution >= 0.6 is 0 Å². The largest absolute Gasteiger partial charge is 0.493 e. The zero-order chi connectivity index (χ0) is 17.8. The molecule has 2 atom stereocenters. The molecular formula is C19H19NO5. The Morgan fingerprint density at radius 2 is 2.08 bits per heavy atom. The fraction of sp³-hybridized carbons (Fsp3) is 0.263. The second kappa shape index (κ2) is 7.25. The van der Waals surface area contributed by atoms with Gasteiger partial charge in [0, 0.05) is 23.1 Å². The summed E-state index contributed by atoms with van der Waals surface area (Å²) in [5, 5.41) is 11.6. The van der Waals surface area contributed by atoms with E-state index in [2.05, 4.69) is 5.32 Å². The van der Waals surface area contributed by atoms with Gasteiger partial charge in [-0.3, -0.25) is 4.79 Å². The molecule has 2 unspecified atom stereocenters. The van der Waals surface area contributed by atoms with E-state index in [0.29, 0.717) is 17.9 Å². The smallest absolute Gasteiger partial charge is 0.341 e. The second-order valence-corrected chi connectivity index (χ2v) is 5.93. The Kier molecular flexibility index (Phi) is 4.88. The number of benzene rings is 2. The number of carbonyl (C=O) groups is 2. The number of fused-ring (bicyclic) bond motifs is 1. The van der Waals surface area contributed by atoms with E-state index < -0.39 is 12.6 Å². The Balaban J connectivity index is 1.66. The van der Waals surface area contributed by atoms with Crippen molar-refractivity contribution in [1.29, 1.82) is 0 Å². The number of hydrogen-bond donors (Lipinski definition) is 2. The monoisotopic (exact) mass is 341 g/mol. The fourth-order valence-electron chi connectivity index (χ4n) is 2.86. The minimum absolute atomic E-state index is 0.0894. The van der Waals surface area contributed by atoms with Crippen molar-refractivity contribution in [3.63, 3.8) is 0 Å². The zero-order valence-electron chi connectivity index (χ0n) is 13.8. The van der Waals surface area contributed by atoms with Crippen LogP contribution in [0, 0.1) is 0 Å². The van der Waals surface area contributed by atoms with E-state index in [1.54, 1.807) is 18.2 Å². The van der Waals surface area contributed by atoms with Crippen LogP contribution in [-0.4, -0.2) is 36.2 Å². The van der Waals surface area contributed by atoms with Crippen LogP contribution < -0.4 is 14.8 Å². The molecule has 130 valence electrons. The average molecular weight is 341 g/mol. The molecule has 0 radical (unpaired) electrons. The molecule has 0 aromatic heterocycles. The van der Waals surface area contributed by atoms with E-state index in [4.69, 9.17) is 14.6 Å². The molecule has 0 spiro atoms. The molecule has 2 aromatic rings. The van der Waals surface area contributed by atoms with Crippen LogP contribution in [0.3, 0.4) is 0 Å². The van der Waals surface area contributed by atoms with E-state index in [9.17, 15) is 9.59 Å². The summed E-state index contributed by atoms with van der Waals surface area (Å²) in [5.41, 5.74) is 1.51. The van der Waals surface area contributed by atoms with Gasteiger partial charge in [-0.05, 0) is 31.2 Å². The quantitative estimate of drug-likeness (QED) is 0.843. The van der Waals surface area contributed by atoms with Crippen molar-refractivity contribution < 1.29 is 24.2 Å². The topological polar surface area (TPSA) is 84.9 Å². The number of amides is 1. The van der Waals surface area contributed by atoms with E-state index in [-0.39, 0.29) is 17.9 Å². The van der Waals surface area contributed by atoms with Gasteiger partial charge in [0.05, 0.1) is 6.61 Å². The summed E-state index contributed by atoms with van der Waals surface area (Å²) in [7, 11) is 0. The summed E-state index contributed by atoms with van der Waals surface area (Å²) >= 11 is 0. The number of para-hydroxylation sites is 1. The van der Waals surface area contributed by atoms with Crippen molar-refractivity contribution in [1.82, 2.24) is 5.32 Å². The van der Waals surface area contributed by atoms with Crippen molar-refractivity contribution in [3.8, 4) is 11.5 Å². The first-order valence-electron chi connectivity index (χ1n) is 8.02. The third kappa shape index (κ3) is 3.91. The van der Waals surface area contributed by atoms with E-state index in [0.717, 1.165) is 11.3 Å². The molecule has 0 aliphatic carbocycles. The molecule has 6 heteroatoms. The third-order valence-electron chi connectivity index (χ3n) is 4.16. The highest BCUT2D eigenvalue weighted by Gasteiger charge is 2.29. The molecule has 0 fully saturated rings. The van der Waals surface area contributed by atoms with Gasteiger partial charge in [0.15, 0.2) is 6.61 Å². The molecule has 1 amide bonds. The zero-order valence-corrected chi connectivity index (χ0v) is 13.8. The summed E-state index contributed by atoms with van der Waals surface area (Å²) in [6.07, 6.45) is 0. The van der Waals surface area contributed by atoms with Crippen LogP contribution in [0.1, 0.15) is 28.8 Å². The number of hydrogen-bond acceptors (Lipinski definition) is 4. The summed E-state index contributed by atoms with van der Waals surface area (Å²) in [6.45, 7) is 2.03. The number of carboxylic acids is 1. The second-order valence-electron chi connectivity index (χ2n) is 5.93. The first-order valence-corrected chi connectivity index (χ1v) is 8.02. The van der Waals surface area contributed by atoms with Crippen LogP contribution in [0.15, 0.2) is 48.5 Å². The average Bonchev–Trinajstić information content (AvgIpc) is 3.04. The third-order valence-corrected chi connectivity index (χ3v) is 4.16. The fourth-order valence-corrected chi connectivity index (χ4v) is 2.86. The van der Waals surface area contributed by atoms with Crippen molar-refractivity contribution in [2.75, 3.05) is 13.2 Å². The Hall–Kier alpha value is -3.02. The summed E-state index contributed by atoms with van der Waals surface area (Å²) in [5.74, 6) is -0.0115. The van der Waals surface area contributed by atoms with Gasteiger partial charge < -0.3 is 19.9 Å². The molecule has 1 aliphatic rings. The van der Waals surface area contributed by atoms with E-state index in [1.165, 1.54) is 6.07 Å². The lowest BCUT2D eigenvalue weighted by Crippen LogP contribution is -2.37. The lowest BCUT2D eigenvalue weighted by Gasteiger charge is -2.20. The predicted octanol–water partition coefficient (Wildman–Crippen LogP) is 2.44. The molecule has 1 aliphatic heterocycles. The van der Waals surface area contributed by atoms with Gasteiger partial charge >= 0.3 is 5.97 Å². The molecule has 2 aromatic carbocycles. The van der Waals surface area contributed by atoms with Crippen LogP contribution in [0.2, 0.25) is 0 Å². The summed E-state index contributed by atoms with van der Waals surface area (Å²) in [4.78, 5) is 23.1. The first kappa shape index (κ1) is 16.8. The molecule has 25 heavy (non-hydrogen) atoms. The maximum atomic E-state index is 12.5. The summed E-state index contributed by atoms with van der Waals surface area (Å²) in [6, 6.07) is 14.2. The molecule has 2 N–H and O–H groups in total. The predicted molar refractivity (Wildman–Crippen MR) is 91.2 cm³/mol. The Labute approximate surface area is 145 Å². The maximum Gasteiger partial charge on any atom is 0.341 e. The Morgan fingerprint density at radius 1 is 1.28 bits per heavy atom. The van der Waals surface area contributed by atoms with Crippen molar-refractivity contribution in [3.05, 3.63) is 59.7 Å². The summed E-state index contributed by atoms with van der Waals surface area (Å²) < 4.78 is 10.8. The standard InChI is InChI=1S/C19H19NO5/c1-12(16-10-25-17-8-3-2-7-15(16)17)20-19(23)13-5-4-6-14(9-13)24-11-18(21)22/h2-9,12,16H,10-11H2,1H3,(H,20,23)(H,21,22). The van der Waals surface area contributed by atoms with Gasteiger partial charge in [-0.15, -0.1) is 0 Å². The van der Waals surface area contributed by atoms with E-state index in [1.807, 2.05) is 31.2 Å². The number of carbonyl (C=O) groups excluding carboxylic acids is 1. The van der Waals surface area contributed by atoms with Crippen molar-refractivity contribution >= 4 is 11.9 Å². The van der Waals surface area contributed by atoms with Gasteiger partial charge in [-0.1, -0.05) is 24.3 Å². The lowest BCUT2D eigenvalue weighted by atomic mass is 9.94. The normalized spacial score (nSPS) is 16.4. The molecule has 6 nitrogen and oxygen atoms in total. The van der Waals surface area contributed by atoms with Gasteiger partial charge in [0.2, 0.25) is 0 Å². The van der Waals surface area contributed by atoms with Crippen LogP contribution in [0.4, 0.5) is 0 Å². The Morgan fingerprint density at radius 3 is 2.88 bits per heavy atom. The van der Waals surface area contributed by atoms with Gasteiger partial charge in [0.25, 0.3) is 5.91 Å². The number of carboxylic acid groups (broad SMARTS) is 1. The van der Waals surface area contributed by atoms with E-state index >= 15 is 0 Å². The highest BCUT2D eigenvalue weighted by atomic mass is 16.5. The van der Waals surface area contributed by atoms with Gasteiger partial charge in [-0.25, -0.2) is 4.79 Å². The highest BCUT2D eigenvalue weighted by molar-refractivity contribution is 5.94. The number of ether oxygens (including phenoxy) is 2. The Bertz CT molecular complexity index is 789. The molecule has 0 bridgehead atoms. The molecule has 0 saturated heterocycles. The molecular weight excluding hydrogens is 322 g/mol. The number of nitrogens with one attached hydrogen (secondary N) is 1. The minimum Gasteiger partial charge on any atom is -0.493 e. The van der Waals surface area contributed by atoms with Crippen LogP contribution in [-0.2, 0) is 4.79 Å². The SMILES string of the molecule is CC(NC(=O)c1cccc(OCC(=O)O)c1)C1COc2ccccc21. The number of rotatable bonds is 6. The molecule has 1 heterocycles. The van der Waals surface area contributed by atoms with Crippen LogP contribution in [0.25, 0.3) is 0 Å². The highest BCUT2D eigenvalue weighted by Crippen LogP contribution is 2.35. The molecule has 0 saturated carbocycles. The van der Waals surface area contributed by atoms with Gasteiger partial charge in [0.1, 0.15) is 11.5 Å².